The van der Waals surface area contributed by atoms with Gasteiger partial charge in [-0.3, -0.25) is 0 Å². The summed E-state index contributed by atoms with van der Waals surface area (Å²) in [6.45, 7) is 7.16. The van der Waals surface area contributed by atoms with E-state index < -0.39 is 6.16 Å². The first kappa shape index (κ1) is 19.2. The van der Waals surface area contributed by atoms with Crippen LogP contribution in [0.15, 0.2) is 0 Å². The third-order valence-electron chi connectivity index (χ3n) is 3.21. The van der Waals surface area contributed by atoms with Crippen molar-refractivity contribution in [3.63, 3.8) is 0 Å². The Morgan fingerprint density at radius 2 is 1.75 bits per heavy atom. The molecule has 0 aromatic rings. The molecule has 0 aromatic heterocycles. The molecular weight excluding hydrogens is 260 g/mol. The molecule has 0 saturated carbocycles. The molecule has 20 heavy (non-hydrogen) atoms. The summed E-state index contributed by atoms with van der Waals surface area (Å²) in [5.74, 6) is 0.387. The number of unbranched alkanes of at least 4 members (excludes halogenated alkanes) is 4. The predicted molar refractivity (Wildman–Crippen MR) is 76.9 cm³/mol. The topological polar surface area (TPSA) is 54.0 Å². The number of hydrogen-bond donors (Lipinski definition) is 0. The molecule has 1 unspecified atom stereocenters. The van der Waals surface area contributed by atoms with Crippen LogP contribution >= 0.6 is 0 Å². The highest BCUT2D eigenvalue weighted by Gasteiger charge is 2.11. The summed E-state index contributed by atoms with van der Waals surface area (Å²) >= 11 is 0. The monoisotopic (exact) mass is 290 g/mol. The van der Waals surface area contributed by atoms with Gasteiger partial charge in [0.05, 0.1) is 13.2 Å². The number of hydrogen-bond acceptors (Lipinski definition) is 5. The van der Waals surface area contributed by atoms with E-state index in [2.05, 4.69) is 30.7 Å². The summed E-state index contributed by atoms with van der Waals surface area (Å²) in [5.41, 5.74) is 0. The van der Waals surface area contributed by atoms with Crippen molar-refractivity contribution >= 4 is 6.16 Å². The second-order valence-corrected chi connectivity index (χ2v) is 5.01. The van der Waals surface area contributed by atoms with Crippen molar-refractivity contribution in [3.05, 3.63) is 0 Å². The smallest absolute Gasteiger partial charge is 0.432 e. The van der Waals surface area contributed by atoms with Crippen molar-refractivity contribution < 1.29 is 24.3 Å². The fourth-order valence-corrected chi connectivity index (χ4v) is 1.78. The van der Waals surface area contributed by atoms with E-state index in [1.54, 1.807) is 0 Å². The van der Waals surface area contributed by atoms with Crippen LogP contribution in [0.4, 0.5) is 4.79 Å². The van der Waals surface area contributed by atoms with Gasteiger partial charge in [-0.2, -0.15) is 4.89 Å². The Hall–Kier alpha value is -0.810. The predicted octanol–water partition coefficient (Wildman–Crippen LogP) is 4.80. The molecule has 0 rings (SSSR count). The molecule has 0 aliphatic heterocycles. The normalized spacial score (nSPS) is 12.2. The Labute approximate surface area is 122 Å². The van der Waals surface area contributed by atoms with Gasteiger partial charge in [0.1, 0.15) is 0 Å². The summed E-state index contributed by atoms with van der Waals surface area (Å²) in [5, 5.41) is 4.35. The zero-order chi connectivity index (χ0) is 15.1. The first-order chi connectivity index (χ1) is 9.74. The molecule has 0 spiro atoms. The maximum absolute atomic E-state index is 11.2. The van der Waals surface area contributed by atoms with Gasteiger partial charge in [0.25, 0.3) is 0 Å². The average molecular weight is 290 g/mol. The highest BCUT2D eigenvalue weighted by molar-refractivity contribution is 5.58. The zero-order valence-electron chi connectivity index (χ0n) is 13.2. The maximum Gasteiger partial charge on any atom is 0.542 e. The Kier molecular flexibility index (Phi) is 14.0. The number of rotatable bonds is 13. The first-order valence-corrected chi connectivity index (χ1v) is 7.87. The van der Waals surface area contributed by atoms with E-state index in [9.17, 15) is 4.79 Å². The Balaban J connectivity index is 3.43. The fourth-order valence-electron chi connectivity index (χ4n) is 1.78. The summed E-state index contributed by atoms with van der Waals surface area (Å²) in [6, 6.07) is 0. The summed E-state index contributed by atoms with van der Waals surface area (Å²) < 4.78 is 4.97. The van der Waals surface area contributed by atoms with E-state index in [0.29, 0.717) is 19.1 Å². The van der Waals surface area contributed by atoms with E-state index in [-0.39, 0.29) is 0 Å². The van der Waals surface area contributed by atoms with Gasteiger partial charge in [0, 0.05) is 0 Å². The van der Waals surface area contributed by atoms with Crippen molar-refractivity contribution in [2.24, 2.45) is 5.92 Å². The van der Waals surface area contributed by atoms with Gasteiger partial charge in [0.2, 0.25) is 0 Å². The van der Waals surface area contributed by atoms with Crippen LogP contribution in [-0.4, -0.2) is 19.4 Å². The number of carbonyl (C=O) groups is 1. The Morgan fingerprint density at radius 3 is 2.40 bits per heavy atom. The lowest BCUT2D eigenvalue weighted by Gasteiger charge is -2.13. The van der Waals surface area contributed by atoms with Crippen molar-refractivity contribution in [1.29, 1.82) is 0 Å². The fraction of sp³-hybridized carbons (Fsp3) is 0.933. The van der Waals surface area contributed by atoms with Crippen molar-refractivity contribution in [2.45, 2.75) is 72.1 Å². The van der Waals surface area contributed by atoms with Gasteiger partial charge < -0.3 is 4.74 Å². The van der Waals surface area contributed by atoms with Crippen LogP contribution in [0.2, 0.25) is 0 Å². The van der Waals surface area contributed by atoms with E-state index >= 15 is 0 Å². The van der Waals surface area contributed by atoms with Gasteiger partial charge in [-0.05, 0) is 23.8 Å². The third kappa shape index (κ3) is 12.2. The van der Waals surface area contributed by atoms with Crippen LogP contribution in [0.25, 0.3) is 0 Å². The lowest BCUT2D eigenvalue weighted by molar-refractivity contribution is -0.486. The molecule has 0 saturated heterocycles. The molecule has 5 nitrogen and oxygen atoms in total. The van der Waals surface area contributed by atoms with E-state index in [1.165, 1.54) is 12.8 Å². The lowest BCUT2D eigenvalue weighted by atomic mass is 10.0. The van der Waals surface area contributed by atoms with E-state index in [0.717, 1.165) is 38.5 Å². The molecule has 5 heteroatoms. The van der Waals surface area contributed by atoms with Gasteiger partial charge in [-0.1, -0.05) is 59.3 Å². The van der Waals surface area contributed by atoms with Gasteiger partial charge in [-0.25, -0.2) is 9.68 Å². The quantitative estimate of drug-likeness (QED) is 0.211. The van der Waals surface area contributed by atoms with Crippen LogP contribution in [0.1, 0.15) is 72.1 Å². The van der Waals surface area contributed by atoms with Crippen LogP contribution < -0.4 is 0 Å². The highest BCUT2D eigenvalue weighted by atomic mass is 17.5. The Morgan fingerprint density at radius 1 is 1.00 bits per heavy atom. The van der Waals surface area contributed by atoms with Crippen LogP contribution in [0.3, 0.4) is 0 Å². The molecule has 120 valence electrons. The second-order valence-electron chi connectivity index (χ2n) is 5.01. The number of carbonyl (C=O) groups excluding carboxylic acids is 1. The Bertz CT molecular complexity index is 220. The molecule has 0 aromatic carbocycles. The van der Waals surface area contributed by atoms with Crippen molar-refractivity contribution in [3.8, 4) is 0 Å². The largest absolute Gasteiger partial charge is 0.542 e. The van der Waals surface area contributed by atoms with Gasteiger partial charge in [0.15, 0.2) is 0 Å². The van der Waals surface area contributed by atoms with Crippen LogP contribution in [-0.2, 0) is 19.6 Å². The second kappa shape index (κ2) is 14.6. The molecule has 1 atom stereocenters. The molecule has 0 bridgehead atoms. The summed E-state index contributed by atoms with van der Waals surface area (Å²) in [7, 11) is 0. The number of ether oxygens (including phenoxy) is 1. The molecular formula is C15H30O5. The maximum atomic E-state index is 11.2. The van der Waals surface area contributed by atoms with Crippen molar-refractivity contribution in [1.82, 2.24) is 0 Å². The summed E-state index contributed by atoms with van der Waals surface area (Å²) in [6.07, 6.45) is 7.82. The zero-order valence-corrected chi connectivity index (χ0v) is 13.2. The average Bonchev–Trinajstić information content (AvgIpc) is 2.46. The van der Waals surface area contributed by atoms with E-state index in [4.69, 9.17) is 9.62 Å². The third-order valence-corrected chi connectivity index (χ3v) is 3.21. The molecule has 0 radical (unpaired) electrons. The summed E-state index contributed by atoms with van der Waals surface area (Å²) in [4.78, 5) is 20.3. The minimum atomic E-state index is -0.839. The molecule has 0 fully saturated rings. The first-order valence-electron chi connectivity index (χ1n) is 7.87. The van der Waals surface area contributed by atoms with Gasteiger partial charge in [-0.15, -0.1) is 0 Å². The standard InChI is InChI=1S/C15H30O5/c1-4-7-9-10-12-18-20-19-15(16)17-13-14(6-3)11-8-5-2/h14H,4-13H2,1-3H3. The van der Waals surface area contributed by atoms with Gasteiger partial charge >= 0.3 is 6.16 Å². The highest BCUT2D eigenvalue weighted by Crippen LogP contribution is 2.13. The van der Waals surface area contributed by atoms with E-state index in [1.807, 2.05) is 0 Å². The van der Waals surface area contributed by atoms with Crippen molar-refractivity contribution in [2.75, 3.05) is 13.2 Å². The van der Waals surface area contributed by atoms with Crippen LogP contribution in [0.5, 0.6) is 0 Å². The lowest BCUT2D eigenvalue weighted by Crippen LogP contribution is -2.15. The molecule has 0 aliphatic carbocycles. The van der Waals surface area contributed by atoms with Crippen LogP contribution in [0, 0.1) is 5.92 Å². The molecule has 0 aliphatic rings. The molecule has 0 heterocycles. The minimum Gasteiger partial charge on any atom is -0.432 e. The molecule has 0 N–H and O–H groups in total. The molecule has 0 amide bonds. The minimum absolute atomic E-state index is 0.370. The SMILES string of the molecule is CCCCCCOOOC(=O)OCC(CC)CCCC.